The SMILES string of the molecule is C=C.CCCCC(C)C(=O)C(C)(C)C. The van der Waals surface area contributed by atoms with Crippen LogP contribution in [0.25, 0.3) is 0 Å². The van der Waals surface area contributed by atoms with Gasteiger partial charge in [-0.15, -0.1) is 13.2 Å². The van der Waals surface area contributed by atoms with E-state index in [-0.39, 0.29) is 11.3 Å². The van der Waals surface area contributed by atoms with Crippen molar-refractivity contribution in [3.05, 3.63) is 13.2 Å². The molecular weight excluding hydrogens is 172 g/mol. The van der Waals surface area contributed by atoms with Crippen molar-refractivity contribution < 1.29 is 4.79 Å². The Balaban J connectivity index is 0. The number of Topliss-reactive ketones (excluding diaryl/α,β-unsaturated/α-hetero) is 1. The number of carbonyl (C=O) groups is 1. The van der Waals surface area contributed by atoms with E-state index < -0.39 is 0 Å². The van der Waals surface area contributed by atoms with Gasteiger partial charge in [-0.25, -0.2) is 0 Å². The maximum absolute atomic E-state index is 11.7. The first-order chi connectivity index (χ1) is 6.39. The first-order valence-electron chi connectivity index (χ1n) is 5.44. The maximum Gasteiger partial charge on any atom is 0.140 e. The smallest absolute Gasteiger partial charge is 0.140 e. The first-order valence-corrected chi connectivity index (χ1v) is 5.44. The topological polar surface area (TPSA) is 17.1 Å². The Hall–Kier alpha value is -0.590. The summed E-state index contributed by atoms with van der Waals surface area (Å²) in [5.74, 6) is 0.640. The number of ketones is 1. The molecule has 1 heteroatoms. The van der Waals surface area contributed by atoms with Crippen molar-refractivity contribution >= 4 is 5.78 Å². The molecule has 0 radical (unpaired) electrons. The molecule has 0 spiro atoms. The summed E-state index contributed by atoms with van der Waals surface area (Å²) in [6.45, 7) is 16.2. The van der Waals surface area contributed by atoms with E-state index in [1.54, 1.807) is 0 Å². The highest BCUT2D eigenvalue weighted by Crippen LogP contribution is 2.22. The molecule has 14 heavy (non-hydrogen) atoms. The van der Waals surface area contributed by atoms with Gasteiger partial charge in [-0.05, 0) is 6.42 Å². The van der Waals surface area contributed by atoms with E-state index in [1.807, 2.05) is 27.7 Å². The van der Waals surface area contributed by atoms with Crippen LogP contribution in [0.2, 0.25) is 0 Å². The Morgan fingerprint density at radius 2 is 1.71 bits per heavy atom. The van der Waals surface area contributed by atoms with Crippen LogP contribution in [0.1, 0.15) is 53.9 Å². The summed E-state index contributed by atoms with van der Waals surface area (Å²) in [7, 11) is 0. The number of carbonyl (C=O) groups excluding carboxylic acids is 1. The van der Waals surface area contributed by atoms with Crippen LogP contribution in [-0.4, -0.2) is 5.78 Å². The second-order valence-corrected chi connectivity index (χ2v) is 4.66. The van der Waals surface area contributed by atoms with Crippen LogP contribution in [0.3, 0.4) is 0 Å². The molecule has 0 aromatic rings. The van der Waals surface area contributed by atoms with Crippen molar-refractivity contribution in [1.82, 2.24) is 0 Å². The molecule has 1 unspecified atom stereocenters. The van der Waals surface area contributed by atoms with Crippen molar-refractivity contribution in [2.45, 2.75) is 53.9 Å². The summed E-state index contributed by atoms with van der Waals surface area (Å²) in [5.41, 5.74) is -0.160. The summed E-state index contributed by atoms with van der Waals surface area (Å²) in [6.07, 6.45) is 3.40. The first kappa shape index (κ1) is 15.9. The molecule has 0 bridgehead atoms. The van der Waals surface area contributed by atoms with Gasteiger partial charge in [0, 0.05) is 11.3 Å². The van der Waals surface area contributed by atoms with Crippen LogP contribution in [-0.2, 0) is 4.79 Å². The molecule has 0 N–H and O–H groups in total. The predicted molar refractivity (Wildman–Crippen MR) is 64.4 cm³/mol. The minimum absolute atomic E-state index is 0.160. The lowest BCUT2D eigenvalue weighted by molar-refractivity contribution is -0.130. The molecular formula is C13H26O. The van der Waals surface area contributed by atoms with Crippen LogP contribution in [0, 0.1) is 11.3 Å². The van der Waals surface area contributed by atoms with Gasteiger partial charge < -0.3 is 0 Å². The quantitative estimate of drug-likeness (QED) is 0.618. The summed E-state index contributed by atoms with van der Waals surface area (Å²) in [5, 5.41) is 0. The summed E-state index contributed by atoms with van der Waals surface area (Å²) < 4.78 is 0. The normalized spacial score (nSPS) is 12.6. The zero-order valence-electron chi connectivity index (χ0n) is 10.5. The van der Waals surface area contributed by atoms with Crippen molar-refractivity contribution in [2.75, 3.05) is 0 Å². The molecule has 0 heterocycles. The monoisotopic (exact) mass is 198 g/mol. The number of hydrogen-bond donors (Lipinski definition) is 0. The van der Waals surface area contributed by atoms with Gasteiger partial charge in [0.1, 0.15) is 5.78 Å². The Labute approximate surface area is 89.6 Å². The van der Waals surface area contributed by atoms with Gasteiger partial charge in [0.05, 0.1) is 0 Å². The molecule has 0 aromatic carbocycles. The van der Waals surface area contributed by atoms with Gasteiger partial charge in [-0.2, -0.15) is 0 Å². The van der Waals surface area contributed by atoms with Gasteiger partial charge in [-0.1, -0.05) is 47.5 Å². The highest BCUT2D eigenvalue weighted by molar-refractivity contribution is 5.85. The summed E-state index contributed by atoms with van der Waals surface area (Å²) in [4.78, 5) is 11.7. The van der Waals surface area contributed by atoms with E-state index >= 15 is 0 Å². The van der Waals surface area contributed by atoms with Crippen LogP contribution < -0.4 is 0 Å². The fraction of sp³-hybridized carbons (Fsp3) is 0.769. The van der Waals surface area contributed by atoms with Crippen molar-refractivity contribution in [2.24, 2.45) is 11.3 Å². The zero-order valence-corrected chi connectivity index (χ0v) is 10.5. The van der Waals surface area contributed by atoms with Gasteiger partial charge >= 0.3 is 0 Å². The molecule has 1 nitrogen and oxygen atoms in total. The molecule has 0 aliphatic carbocycles. The Morgan fingerprint density at radius 3 is 2.00 bits per heavy atom. The molecule has 0 aliphatic heterocycles. The van der Waals surface area contributed by atoms with Gasteiger partial charge in [0.15, 0.2) is 0 Å². The number of unbranched alkanes of at least 4 members (excludes halogenated alkanes) is 1. The molecule has 0 fully saturated rings. The third-order valence-corrected chi connectivity index (χ3v) is 2.18. The standard InChI is InChI=1S/C11H22O.C2H4/c1-6-7-8-9(2)10(12)11(3,4)5;1-2/h9H,6-8H2,1-5H3;1-2H2. The highest BCUT2D eigenvalue weighted by atomic mass is 16.1. The third kappa shape index (κ3) is 6.88. The predicted octanol–water partition coefficient (Wildman–Crippen LogP) is 4.23. The van der Waals surface area contributed by atoms with Crippen LogP contribution in [0.4, 0.5) is 0 Å². The van der Waals surface area contributed by atoms with Crippen molar-refractivity contribution in [3.63, 3.8) is 0 Å². The van der Waals surface area contributed by atoms with Crippen LogP contribution in [0.15, 0.2) is 13.2 Å². The molecule has 0 saturated carbocycles. The van der Waals surface area contributed by atoms with Crippen LogP contribution in [0.5, 0.6) is 0 Å². The minimum atomic E-state index is -0.160. The van der Waals surface area contributed by atoms with Gasteiger partial charge in [0.2, 0.25) is 0 Å². The second kappa shape index (κ2) is 7.78. The number of hydrogen-bond acceptors (Lipinski definition) is 1. The molecule has 0 aromatic heterocycles. The molecule has 0 rings (SSSR count). The molecule has 0 saturated heterocycles. The lowest BCUT2D eigenvalue weighted by Gasteiger charge is -2.21. The van der Waals surface area contributed by atoms with E-state index in [4.69, 9.17) is 0 Å². The van der Waals surface area contributed by atoms with E-state index in [0.29, 0.717) is 5.78 Å². The lowest BCUT2D eigenvalue weighted by Crippen LogP contribution is -2.26. The number of rotatable bonds is 4. The molecule has 0 amide bonds. The van der Waals surface area contributed by atoms with E-state index in [9.17, 15) is 4.79 Å². The molecule has 0 aliphatic rings. The Kier molecular flexibility index (Phi) is 8.82. The van der Waals surface area contributed by atoms with E-state index in [0.717, 1.165) is 6.42 Å². The van der Waals surface area contributed by atoms with Crippen molar-refractivity contribution in [3.8, 4) is 0 Å². The zero-order chi connectivity index (χ0) is 11.8. The summed E-state index contributed by atoms with van der Waals surface area (Å²) >= 11 is 0. The average Bonchev–Trinajstić information content (AvgIpc) is 2.14. The fourth-order valence-electron chi connectivity index (χ4n) is 1.38. The highest BCUT2D eigenvalue weighted by Gasteiger charge is 2.25. The minimum Gasteiger partial charge on any atom is -0.299 e. The van der Waals surface area contributed by atoms with Crippen molar-refractivity contribution in [1.29, 1.82) is 0 Å². The molecule has 84 valence electrons. The Bertz CT molecular complexity index is 153. The second-order valence-electron chi connectivity index (χ2n) is 4.66. The average molecular weight is 198 g/mol. The maximum atomic E-state index is 11.7. The van der Waals surface area contributed by atoms with E-state index in [2.05, 4.69) is 20.1 Å². The van der Waals surface area contributed by atoms with Gasteiger partial charge in [0.25, 0.3) is 0 Å². The van der Waals surface area contributed by atoms with E-state index in [1.165, 1.54) is 12.8 Å². The molecule has 1 atom stereocenters. The van der Waals surface area contributed by atoms with Crippen LogP contribution >= 0.6 is 0 Å². The fourth-order valence-corrected chi connectivity index (χ4v) is 1.38. The Morgan fingerprint density at radius 1 is 1.29 bits per heavy atom. The third-order valence-electron chi connectivity index (χ3n) is 2.18. The summed E-state index contributed by atoms with van der Waals surface area (Å²) in [6, 6.07) is 0. The lowest BCUT2D eigenvalue weighted by atomic mass is 9.82. The largest absolute Gasteiger partial charge is 0.299 e. The van der Waals surface area contributed by atoms with Gasteiger partial charge in [-0.3, -0.25) is 4.79 Å².